The molecule has 6 heteroatoms. The SMILES string of the molecule is Cc1cc(NC(=O)C2(C)CCc3c(C)c(O)c(C)c(C)c3O2)no1. The third kappa shape index (κ3) is 2.52. The van der Waals surface area contributed by atoms with Crippen molar-refractivity contribution < 1.29 is 19.2 Å². The predicted octanol–water partition coefficient (Wildman–Crippen LogP) is 3.34. The Kier molecular flexibility index (Phi) is 3.78. The highest BCUT2D eigenvalue weighted by Gasteiger charge is 2.41. The van der Waals surface area contributed by atoms with Crippen molar-refractivity contribution in [3.8, 4) is 11.5 Å². The summed E-state index contributed by atoms with van der Waals surface area (Å²) in [5.41, 5.74) is 2.44. The molecule has 1 aromatic carbocycles. The summed E-state index contributed by atoms with van der Waals surface area (Å²) in [6, 6.07) is 1.66. The average Bonchev–Trinajstić information content (AvgIpc) is 2.95. The summed E-state index contributed by atoms with van der Waals surface area (Å²) in [5, 5.41) is 16.8. The molecule has 0 saturated carbocycles. The Hall–Kier alpha value is -2.50. The Morgan fingerprint density at radius 1 is 1.25 bits per heavy atom. The Bertz CT molecular complexity index is 825. The Balaban J connectivity index is 1.92. The van der Waals surface area contributed by atoms with Crippen LogP contribution in [0, 0.1) is 27.7 Å². The molecule has 1 aromatic heterocycles. The fourth-order valence-electron chi connectivity index (χ4n) is 3.08. The second kappa shape index (κ2) is 5.54. The van der Waals surface area contributed by atoms with Crippen molar-refractivity contribution in [3.05, 3.63) is 34.1 Å². The number of carbonyl (C=O) groups excluding carboxylic acids is 1. The van der Waals surface area contributed by atoms with Gasteiger partial charge in [-0.25, -0.2) is 0 Å². The maximum Gasteiger partial charge on any atom is 0.269 e. The van der Waals surface area contributed by atoms with Crippen LogP contribution in [0.4, 0.5) is 5.82 Å². The molecule has 0 spiro atoms. The van der Waals surface area contributed by atoms with E-state index in [1.807, 2.05) is 20.8 Å². The van der Waals surface area contributed by atoms with Gasteiger partial charge in [-0.15, -0.1) is 0 Å². The van der Waals surface area contributed by atoms with Crippen LogP contribution in [0.3, 0.4) is 0 Å². The van der Waals surface area contributed by atoms with Crippen LogP contribution in [0.5, 0.6) is 11.5 Å². The standard InChI is InChI=1S/C18H22N2O4/c1-9-8-14(20-24-9)19-17(22)18(5)7-6-13-12(4)15(21)10(2)11(3)16(13)23-18/h8,21H,6-7H2,1-5H3,(H,19,20,22). The quantitative estimate of drug-likeness (QED) is 0.882. The van der Waals surface area contributed by atoms with E-state index < -0.39 is 5.60 Å². The summed E-state index contributed by atoms with van der Waals surface area (Å²) in [7, 11) is 0. The number of phenols is 1. The first-order valence-electron chi connectivity index (χ1n) is 7.98. The van der Waals surface area contributed by atoms with E-state index in [4.69, 9.17) is 9.26 Å². The highest BCUT2D eigenvalue weighted by atomic mass is 16.5. The van der Waals surface area contributed by atoms with Crippen molar-refractivity contribution in [1.29, 1.82) is 0 Å². The van der Waals surface area contributed by atoms with Crippen LogP contribution in [-0.2, 0) is 11.2 Å². The molecule has 0 bridgehead atoms. The van der Waals surface area contributed by atoms with Gasteiger partial charge in [0.1, 0.15) is 17.3 Å². The van der Waals surface area contributed by atoms with Crippen LogP contribution in [0.2, 0.25) is 0 Å². The number of aromatic nitrogens is 1. The maximum absolute atomic E-state index is 12.7. The third-order valence-electron chi connectivity index (χ3n) is 4.87. The van der Waals surface area contributed by atoms with Crippen LogP contribution < -0.4 is 10.1 Å². The van der Waals surface area contributed by atoms with Gasteiger partial charge in [0, 0.05) is 18.1 Å². The Morgan fingerprint density at radius 2 is 1.96 bits per heavy atom. The number of aryl methyl sites for hydroxylation is 1. The first-order valence-corrected chi connectivity index (χ1v) is 7.98. The van der Waals surface area contributed by atoms with Gasteiger partial charge in [-0.05, 0) is 57.7 Å². The van der Waals surface area contributed by atoms with Crippen LogP contribution in [0.15, 0.2) is 10.6 Å². The lowest BCUT2D eigenvalue weighted by Crippen LogP contribution is -2.48. The molecule has 24 heavy (non-hydrogen) atoms. The van der Waals surface area contributed by atoms with Crippen molar-refractivity contribution in [2.45, 2.75) is 53.1 Å². The molecule has 1 aliphatic heterocycles. The molecule has 2 heterocycles. The molecule has 2 aromatic rings. The number of hydrogen-bond donors (Lipinski definition) is 2. The van der Waals surface area contributed by atoms with Crippen LogP contribution in [-0.4, -0.2) is 21.8 Å². The maximum atomic E-state index is 12.7. The number of anilines is 1. The van der Waals surface area contributed by atoms with E-state index in [1.54, 1.807) is 19.9 Å². The number of nitrogens with zero attached hydrogens (tertiary/aromatic N) is 1. The number of aromatic hydroxyl groups is 1. The van der Waals surface area contributed by atoms with Crippen molar-refractivity contribution in [2.24, 2.45) is 0 Å². The smallest absolute Gasteiger partial charge is 0.269 e. The summed E-state index contributed by atoms with van der Waals surface area (Å²) in [6.45, 7) is 9.17. The number of fused-ring (bicyclic) bond motifs is 1. The topological polar surface area (TPSA) is 84.6 Å². The number of carbonyl (C=O) groups is 1. The molecule has 1 unspecified atom stereocenters. The van der Waals surface area contributed by atoms with E-state index in [9.17, 15) is 9.90 Å². The summed E-state index contributed by atoms with van der Waals surface area (Å²) < 4.78 is 11.1. The van der Waals surface area contributed by atoms with E-state index in [0.717, 1.165) is 22.3 Å². The number of hydrogen-bond acceptors (Lipinski definition) is 5. The highest BCUT2D eigenvalue weighted by molar-refractivity contribution is 5.96. The summed E-state index contributed by atoms with van der Waals surface area (Å²) in [5.74, 6) is 1.75. The molecule has 1 aliphatic rings. The molecular weight excluding hydrogens is 308 g/mol. The predicted molar refractivity (Wildman–Crippen MR) is 89.5 cm³/mol. The average molecular weight is 330 g/mol. The van der Waals surface area contributed by atoms with E-state index in [-0.39, 0.29) is 5.91 Å². The Morgan fingerprint density at radius 3 is 2.58 bits per heavy atom. The van der Waals surface area contributed by atoms with E-state index in [2.05, 4.69) is 10.5 Å². The van der Waals surface area contributed by atoms with Gasteiger partial charge in [0.05, 0.1) is 0 Å². The molecule has 0 aliphatic carbocycles. The molecule has 128 valence electrons. The lowest BCUT2D eigenvalue weighted by atomic mass is 9.86. The van der Waals surface area contributed by atoms with E-state index in [0.29, 0.717) is 35.9 Å². The second-order valence-electron chi connectivity index (χ2n) is 6.64. The number of benzene rings is 1. The number of ether oxygens (including phenoxy) is 1. The molecular formula is C18H22N2O4. The van der Waals surface area contributed by atoms with Gasteiger partial charge in [0.15, 0.2) is 11.4 Å². The van der Waals surface area contributed by atoms with Crippen molar-refractivity contribution in [3.63, 3.8) is 0 Å². The molecule has 6 nitrogen and oxygen atoms in total. The van der Waals surface area contributed by atoms with Gasteiger partial charge in [-0.1, -0.05) is 5.16 Å². The summed E-state index contributed by atoms with van der Waals surface area (Å²) in [4.78, 5) is 12.7. The molecule has 1 atom stereocenters. The fraction of sp³-hybridized carbons (Fsp3) is 0.444. The minimum Gasteiger partial charge on any atom is -0.507 e. The van der Waals surface area contributed by atoms with Crippen molar-refractivity contribution in [1.82, 2.24) is 5.16 Å². The monoisotopic (exact) mass is 330 g/mol. The zero-order valence-corrected chi connectivity index (χ0v) is 14.6. The fourth-order valence-corrected chi connectivity index (χ4v) is 3.08. The number of amides is 1. The highest BCUT2D eigenvalue weighted by Crippen LogP contribution is 2.43. The molecule has 1 amide bonds. The lowest BCUT2D eigenvalue weighted by molar-refractivity contribution is -0.131. The van der Waals surface area contributed by atoms with Gasteiger partial charge >= 0.3 is 0 Å². The van der Waals surface area contributed by atoms with Crippen LogP contribution in [0.1, 0.15) is 41.4 Å². The molecule has 0 radical (unpaired) electrons. The number of rotatable bonds is 2. The molecule has 0 saturated heterocycles. The minimum absolute atomic E-state index is 0.260. The summed E-state index contributed by atoms with van der Waals surface area (Å²) in [6.07, 6.45) is 1.18. The van der Waals surface area contributed by atoms with Gasteiger partial charge in [-0.3, -0.25) is 4.79 Å². The van der Waals surface area contributed by atoms with Gasteiger partial charge in [0.2, 0.25) is 0 Å². The van der Waals surface area contributed by atoms with Gasteiger partial charge in [-0.2, -0.15) is 0 Å². The van der Waals surface area contributed by atoms with Crippen LogP contribution in [0.25, 0.3) is 0 Å². The van der Waals surface area contributed by atoms with E-state index >= 15 is 0 Å². The first-order chi connectivity index (χ1) is 11.2. The largest absolute Gasteiger partial charge is 0.507 e. The summed E-state index contributed by atoms with van der Waals surface area (Å²) >= 11 is 0. The molecule has 2 N–H and O–H groups in total. The third-order valence-corrected chi connectivity index (χ3v) is 4.87. The van der Waals surface area contributed by atoms with Crippen molar-refractivity contribution >= 4 is 11.7 Å². The first kappa shape index (κ1) is 16.4. The van der Waals surface area contributed by atoms with E-state index in [1.165, 1.54) is 0 Å². The second-order valence-corrected chi connectivity index (χ2v) is 6.64. The zero-order chi connectivity index (χ0) is 17.6. The minimum atomic E-state index is -1.000. The Labute approximate surface area is 140 Å². The molecule has 3 rings (SSSR count). The normalized spacial score (nSPS) is 19.5. The van der Waals surface area contributed by atoms with Gasteiger partial charge in [0.25, 0.3) is 5.91 Å². The lowest BCUT2D eigenvalue weighted by Gasteiger charge is -2.36. The number of nitrogens with one attached hydrogen (secondary N) is 1. The molecule has 0 fully saturated rings. The number of phenolic OH excluding ortho intramolecular Hbond substituents is 1. The van der Waals surface area contributed by atoms with Crippen LogP contribution >= 0.6 is 0 Å². The zero-order valence-electron chi connectivity index (χ0n) is 14.6. The van der Waals surface area contributed by atoms with Crippen molar-refractivity contribution in [2.75, 3.05) is 5.32 Å². The van der Waals surface area contributed by atoms with Gasteiger partial charge < -0.3 is 19.7 Å².